The van der Waals surface area contributed by atoms with Crippen molar-refractivity contribution in [2.75, 3.05) is 39.0 Å². The molecule has 9 heteroatoms. The molecule has 2 aromatic heterocycles. The van der Waals surface area contributed by atoms with Crippen LogP contribution in [-0.4, -0.2) is 42.9 Å². The fourth-order valence-corrected chi connectivity index (χ4v) is 3.39. The quantitative estimate of drug-likeness (QED) is 0.457. The Hall–Kier alpha value is -4.01. The first-order valence-electron chi connectivity index (χ1n) is 9.47. The van der Waals surface area contributed by atoms with Crippen LogP contribution in [-0.2, 0) is 0 Å². The highest BCUT2D eigenvalue weighted by atomic mass is 19.1. The molecule has 0 aliphatic heterocycles. The summed E-state index contributed by atoms with van der Waals surface area (Å²) in [5, 5.41) is 6.30. The minimum absolute atomic E-state index is 0.328. The molecule has 2 aromatic carbocycles. The van der Waals surface area contributed by atoms with E-state index in [1.54, 1.807) is 52.8 Å². The molecule has 0 saturated carbocycles. The molecular weight excluding hydrogens is 401 g/mol. The third kappa shape index (κ3) is 3.77. The number of imidazole rings is 1. The molecule has 0 aliphatic rings. The average Bonchev–Trinajstić information content (AvgIpc) is 3.16. The molecular formula is C22H22FN5O3. The van der Waals surface area contributed by atoms with Crippen molar-refractivity contribution >= 4 is 28.5 Å². The zero-order valence-corrected chi connectivity index (χ0v) is 17.6. The van der Waals surface area contributed by atoms with Gasteiger partial charge in [0.05, 0.1) is 38.7 Å². The van der Waals surface area contributed by atoms with Crippen LogP contribution < -0.4 is 24.8 Å². The maximum Gasteiger partial charge on any atom is 0.208 e. The third-order valence-electron chi connectivity index (χ3n) is 4.77. The van der Waals surface area contributed by atoms with E-state index in [0.717, 1.165) is 5.52 Å². The Morgan fingerprint density at radius 1 is 0.968 bits per heavy atom. The van der Waals surface area contributed by atoms with Crippen molar-refractivity contribution in [2.45, 2.75) is 0 Å². The van der Waals surface area contributed by atoms with Crippen LogP contribution in [0.15, 0.2) is 48.7 Å². The van der Waals surface area contributed by atoms with Gasteiger partial charge in [0.25, 0.3) is 0 Å². The van der Waals surface area contributed by atoms with Gasteiger partial charge in [-0.15, -0.1) is 0 Å². The number of anilines is 3. The monoisotopic (exact) mass is 423 g/mol. The lowest BCUT2D eigenvalue weighted by atomic mass is 10.2. The van der Waals surface area contributed by atoms with Crippen LogP contribution in [0.4, 0.5) is 21.8 Å². The molecule has 0 unspecified atom stereocenters. The van der Waals surface area contributed by atoms with E-state index in [4.69, 9.17) is 14.2 Å². The number of nitrogens with one attached hydrogen (secondary N) is 2. The Bertz CT molecular complexity index is 1220. The summed E-state index contributed by atoms with van der Waals surface area (Å²) in [7, 11) is 6.43. The lowest BCUT2D eigenvalue weighted by Crippen LogP contribution is -2.02. The van der Waals surface area contributed by atoms with E-state index in [-0.39, 0.29) is 5.82 Å². The number of ether oxygens (including phenoxy) is 3. The Morgan fingerprint density at radius 3 is 2.32 bits per heavy atom. The van der Waals surface area contributed by atoms with Crippen molar-refractivity contribution in [3.8, 4) is 22.9 Å². The van der Waals surface area contributed by atoms with Crippen LogP contribution in [0.2, 0.25) is 0 Å². The van der Waals surface area contributed by atoms with Gasteiger partial charge in [-0.1, -0.05) is 6.07 Å². The maximum atomic E-state index is 13.9. The van der Waals surface area contributed by atoms with Crippen LogP contribution >= 0.6 is 0 Å². The number of nitrogens with zero attached hydrogens (tertiary/aromatic N) is 3. The van der Waals surface area contributed by atoms with E-state index in [1.165, 1.54) is 12.1 Å². The van der Waals surface area contributed by atoms with E-state index in [9.17, 15) is 4.39 Å². The molecule has 2 heterocycles. The smallest absolute Gasteiger partial charge is 0.208 e. The van der Waals surface area contributed by atoms with Gasteiger partial charge in [-0.05, 0) is 18.2 Å². The molecule has 8 nitrogen and oxygen atoms in total. The van der Waals surface area contributed by atoms with Crippen molar-refractivity contribution in [3.05, 3.63) is 54.5 Å². The summed E-state index contributed by atoms with van der Waals surface area (Å²) < 4.78 is 31.9. The summed E-state index contributed by atoms with van der Waals surface area (Å²) in [6.45, 7) is 0. The number of hydrogen-bond acceptors (Lipinski definition) is 7. The SMILES string of the molecule is CNc1nc2cnc(Nc3cc(OC)c(OC)c(OC)c3)cc2n1-c1cccc(F)c1. The van der Waals surface area contributed by atoms with Gasteiger partial charge in [0.15, 0.2) is 11.5 Å². The topological polar surface area (TPSA) is 82.5 Å². The molecule has 0 fully saturated rings. The van der Waals surface area contributed by atoms with Crippen molar-refractivity contribution in [1.29, 1.82) is 0 Å². The van der Waals surface area contributed by atoms with E-state index < -0.39 is 0 Å². The van der Waals surface area contributed by atoms with E-state index >= 15 is 0 Å². The van der Waals surface area contributed by atoms with E-state index in [2.05, 4.69) is 20.6 Å². The lowest BCUT2D eigenvalue weighted by molar-refractivity contribution is 0.324. The summed E-state index contributed by atoms with van der Waals surface area (Å²) >= 11 is 0. The molecule has 31 heavy (non-hydrogen) atoms. The summed E-state index contributed by atoms with van der Waals surface area (Å²) in [6.07, 6.45) is 1.66. The van der Waals surface area contributed by atoms with Gasteiger partial charge in [0.1, 0.15) is 17.2 Å². The van der Waals surface area contributed by atoms with Gasteiger partial charge in [-0.25, -0.2) is 14.4 Å². The number of fused-ring (bicyclic) bond motifs is 1. The van der Waals surface area contributed by atoms with Gasteiger partial charge in [-0.3, -0.25) is 4.57 Å². The predicted octanol–water partition coefficient (Wildman–Crippen LogP) is 4.37. The molecule has 160 valence electrons. The Morgan fingerprint density at radius 2 is 1.71 bits per heavy atom. The average molecular weight is 423 g/mol. The second-order valence-electron chi connectivity index (χ2n) is 6.60. The van der Waals surface area contributed by atoms with Gasteiger partial charge in [0, 0.05) is 30.9 Å². The largest absolute Gasteiger partial charge is 0.493 e. The van der Waals surface area contributed by atoms with Gasteiger partial charge in [-0.2, -0.15) is 0 Å². The number of pyridine rings is 1. The highest BCUT2D eigenvalue weighted by molar-refractivity contribution is 5.83. The van der Waals surface area contributed by atoms with Crippen LogP contribution in [0.3, 0.4) is 0 Å². The summed E-state index contributed by atoms with van der Waals surface area (Å²) in [5.74, 6) is 2.36. The first kappa shape index (κ1) is 20.3. The first-order chi connectivity index (χ1) is 15.1. The Balaban J connectivity index is 1.79. The number of halogens is 1. The van der Waals surface area contributed by atoms with Crippen molar-refractivity contribution in [1.82, 2.24) is 14.5 Å². The Kier molecular flexibility index (Phi) is 5.48. The zero-order chi connectivity index (χ0) is 22.0. The molecule has 0 atom stereocenters. The van der Waals surface area contributed by atoms with Crippen LogP contribution in [0.5, 0.6) is 17.2 Å². The molecule has 4 aromatic rings. The minimum Gasteiger partial charge on any atom is -0.493 e. The fraction of sp³-hybridized carbons (Fsp3) is 0.182. The standard InChI is InChI=1S/C22H22FN5O3/c1-24-22-27-16-12-25-20(11-17(16)28(22)15-7-5-6-13(23)8-15)26-14-9-18(29-2)21(31-4)19(10-14)30-3/h5-12H,1-4H3,(H,24,27)(H,25,26). The number of hydrogen-bond donors (Lipinski definition) is 2. The van der Waals surface area contributed by atoms with Crippen molar-refractivity contribution < 1.29 is 18.6 Å². The molecule has 4 rings (SSSR count). The zero-order valence-electron chi connectivity index (χ0n) is 17.6. The van der Waals surface area contributed by atoms with Crippen molar-refractivity contribution in [3.63, 3.8) is 0 Å². The normalized spacial score (nSPS) is 10.7. The first-order valence-corrected chi connectivity index (χ1v) is 9.47. The molecule has 0 spiro atoms. The molecule has 2 N–H and O–H groups in total. The highest BCUT2D eigenvalue weighted by Crippen LogP contribution is 2.40. The van der Waals surface area contributed by atoms with E-state index in [1.807, 2.05) is 16.7 Å². The molecule has 0 bridgehead atoms. The van der Waals surface area contributed by atoms with Crippen LogP contribution in [0.25, 0.3) is 16.7 Å². The van der Waals surface area contributed by atoms with E-state index in [0.29, 0.717) is 45.9 Å². The number of aromatic nitrogens is 3. The maximum absolute atomic E-state index is 13.9. The second kappa shape index (κ2) is 8.39. The van der Waals surface area contributed by atoms with Crippen LogP contribution in [0, 0.1) is 5.82 Å². The fourth-order valence-electron chi connectivity index (χ4n) is 3.39. The molecule has 0 saturated heterocycles. The summed E-state index contributed by atoms with van der Waals surface area (Å²) in [6, 6.07) is 11.8. The van der Waals surface area contributed by atoms with Crippen molar-refractivity contribution in [2.24, 2.45) is 0 Å². The van der Waals surface area contributed by atoms with Gasteiger partial charge < -0.3 is 24.8 Å². The minimum atomic E-state index is -0.328. The predicted molar refractivity (Wildman–Crippen MR) is 118 cm³/mol. The molecule has 0 radical (unpaired) electrons. The molecule has 0 aliphatic carbocycles. The highest BCUT2D eigenvalue weighted by Gasteiger charge is 2.16. The summed E-state index contributed by atoms with van der Waals surface area (Å²) in [4.78, 5) is 9.00. The summed E-state index contributed by atoms with van der Waals surface area (Å²) in [5.41, 5.74) is 2.78. The third-order valence-corrected chi connectivity index (χ3v) is 4.77. The second-order valence-corrected chi connectivity index (χ2v) is 6.60. The van der Waals surface area contributed by atoms with Gasteiger partial charge >= 0.3 is 0 Å². The number of methoxy groups -OCH3 is 3. The van der Waals surface area contributed by atoms with Crippen LogP contribution in [0.1, 0.15) is 0 Å². The van der Waals surface area contributed by atoms with Gasteiger partial charge in [0.2, 0.25) is 11.7 Å². The lowest BCUT2D eigenvalue weighted by Gasteiger charge is -2.15. The number of benzene rings is 2. The number of rotatable bonds is 7. The molecule has 0 amide bonds. The Labute approximate surface area is 178 Å².